The second-order valence-corrected chi connectivity index (χ2v) is 5.24. The van der Waals surface area contributed by atoms with E-state index in [1.807, 2.05) is 0 Å². The SMILES string of the molecule is CCNc1nc(CC)nc(-c2cccc3c2OCC3)c1C. The zero-order valence-electron chi connectivity index (χ0n) is 12.9. The first-order valence-electron chi connectivity index (χ1n) is 7.61. The third-order valence-electron chi connectivity index (χ3n) is 3.82. The number of fused-ring (bicyclic) bond motifs is 1. The predicted molar refractivity (Wildman–Crippen MR) is 84.9 cm³/mol. The van der Waals surface area contributed by atoms with E-state index in [0.29, 0.717) is 0 Å². The summed E-state index contributed by atoms with van der Waals surface area (Å²) in [6.07, 6.45) is 1.80. The molecule has 0 fully saturated rings. The Kier molecular flexibility index (Phi) is 3.78. The molecule has 1 aromatic heterocycles. The lowest BCUT2D eigenvalue weighted by molar-refractivity contribution is 0.358. The number of ether oxygens (including phenoxy) is 1. The van der Waals surface area contributed by atoms with Crippen molar-refractivity contribution in [1.82, 2.24) is 9.97 Å². The minimum atomic E-state index is 0.761. The van der Waals surface area contributed by atoms with E-state index in [1.54, 1.807) is 0 Å². The maximum atomic E-state index is 5.83. The number of para-hydroxylation sites is 1. The Bertz CT molecular complexity index is 667. The van der Waals surface area contributed by atoms with Crippen LogP contribution in [0.5, 0.6) is 5.75 Å². The lowest BCUT2D eigenvalue weighted by Gasteiger charge is -2.15. The molecule has 110 valence electrons. The molecule has 1 aliphatic heterocycles. The van der Waals surface area contributed by atoms with Gasteiger partial charge in [0.25, 0.3) is 0 Å². The minimum Gasteiger partial charge on any atom is -0.492 e. The van der Waals surface area contributed by atoms with Gasteiger partial charge in [-0.1, -0.05) is 19.1 Å². The maximum Gasteiger partial charge on any atom is 0.133 e. The van der Waals surface area contributed by atoms with Crippen molar-refractivity contribution in [3.63, 3.8) is 0 Å². The van der Waals surface area contributed by atoms with Crippen LogP contribution in [0, 0.1) is 6.92 Å². The van der Waals surface area contributed by atoms with Crippen LogP contribution < -0.4 is 10.1 Å². The summed E-state index contributed by atoms with van der Waals surface area (Å²) in [5, 5.41) is 3.34. The third kappa shape index (κ3) is 2.46. The Labute approximate surface area is 125 Å². The predicted octanol–water partition coefficient (Wildman–Crippen LogP) is 3.38. The molecule has 4 nitrogen and oxygen atoms in total. The van der Waals surface area contributed by atoms with Crippen LogP contribution in [0.15, 0.2) is 18.2 Å². The molecule has 0 amide bonds. The molecule has 0 spiro atoms. The van der Waals surface area contributed by atoms with E-state index in [-0.39, 0.29) is 0 Å². The fraction of sp³-hybridized carbons (Fsp3) is 0.412. The zero-order valence-corrected chi connectivity index (χ0v) is 12.9. The van der Waals surface area contributed by atoms with Crippen molar-refractivity contribution in [1.29, 1.82) is 0 Å². The minimum absolute atomic E-state index is 0.761. The van der Waals surface area contributed by atoms with Gasteiger partial charge in [-0.2, -0.15) is 0 Å². The Balaban J connectivity index is 2.18. The first-order valence-corrected chi connectivity index (χ1v) is 7.61. The van der Waals surface area contributed by atoms with E-state index in [9.17, 15) is 0 Å². The number of aromatic nitrogens is 2. The molecule has 0 saturated carbocycles. The Hall–Kier alpha value is -2.10. The van der Waals surface area contributed by atoms with Gasteiger partial charge in [-0.3, -0.25) is 0 Å². The largest absolute Gasteiger partial charge is 0.492 e. The Morgan fingerprint density at radius 3 is 2.86 bits per heavy atom. The monoisotopic (exact) mass is 283 g/mol. The van der Waals surface area contributed by atoms with Gasteiger partial charge in [0.15, 0.2) is 0 Å². The summed E-state index contributed by atoms with van der Waals surface area (Å²) in [5.41, 5.74) is 4.42. The van der Waals surface area contributed by atoms with Crippen LogP contribution in [0.3, 0.4) is 0 Å². The third-order valence-corrected chi connectivity index (χ3v) is 3.82. The summed E-state index contributed by atoms with van der Waals surface area (Å²) >= 11 is 0. The van der Waals surface area contributed by atoms with E-state index in [4.69, 9.17) is 9.72 Å². The van der Waals surface area contributed by atoms with Crippen molar-refractivity contribution < 1.29 is 4.74 Å². The molecule has 3 rings (SSSR count). The van der Waals surface area contributed by atoms with Crippen LogP contribution in [0.4, 0.5) is 5.82 Å². The number of nitrogens with one attached hydrogen (secondary N) is 1. The van der Waals surface area contributed by atoms with Gasteiger partial charge in [0.2, 0.25) is 0 Å². The first-order chi connectivity index (χ1) is 10.2. The maximum absolute atomic E-state index is 5.83. The smallest absolute Gasteiger partial charge is 0.133 e. The average molecular weight is 283 g/mol. The van der Waals surface area contributed by atoms with Gasteiger partial charge in [0, 0.05) is 30.5 Å². The van der Waals surface area contributed by atoms with Crippen LogP contribution in [0.25, 0.3) is 11.3 Å². The van der Waals surface area contributed by atoms with E-state index in [0.717, 1.165) is 60.2 Å². The van der Waals surface area contributed by atoms with Gasteiger partial charge >= 0.3 is 0 Å². The molecule has 0 bridgehead atoms. The molecular weight excluding hydrogens is 262 g/mol. The summed E-state index contributed by atoms with van der Waals surface area (Å²) in [5.74, 6) is 2.78. The normalized spacial score (nSPS) is 12.9. The lowest BCUT2D eigenvalue weighted by atomic mass is 10.0. The first kappa shape index (κ1) is 13.9. The van der Waals surface area contributed by atoms with Gasteiger partial charge < -0.3 is 10.1 Å². The van der Waals surface area contributed by atoms with Crippen LogP contribution in [-0.4, -0.2) is 23.1 Å². The van der Waals surface area contributed by atoms with Gasteiger partial charge in [-0.05, 0) is 25.5 Å². The van der Waals surface area contributed by atoms with Crippen LogP contribution in [0.2, 0.25) is 0 Å². The summed E-state index contributed by atoms with van der Waals surface area (Å²) in [4.78, 5) is 9.35. The summed E-state index contributed by atoms with van der Waals surface area (Å²) in [6.45, 7) is 7.84. The molecule has 0 aliphatic carbocycles. The molecule has 4 heteroatoms. The van der Waals surface area contributed by atoms with Crippen molar-refractivity contribution in [2.45, 2.75) is 33.6 Å². The number of benzene rings is 1. The number of nitrogens with zero attached hydrogens (tertiary/aromatic N) is 2. The summed E-state index contributed by atoms with van der Waals surface area (Å²) in [7, 11) is 0. The van der Waals surface area contributed by atoms with Gasteiger partial charge in [0.05, 0.1) is 12.3 Å². The lowest BCUT2D eigenvalue weighted by Crippen LogP contribution is -2.07. The molecule has 0 atom stereocenters. The standard InChI is InChI=1S/C17H21N3O/c1-4-14-19-15(11(3)17(20-14)18-5-2)13-8-6-7-12-9-10-21-16(12)13/h6-8H,4-5,9-10H2,1-3H3,(H,18,19,20). The van der Waals surface area contributed by atoms with Crippen molar-refractivity contribution in [2.24, 2.45) is 0 Å². The number of hydrogen-bond donors (Lipinski definition) is 1. The molecule has 21 heavy (non-hydrogen) atoms. The van der Waals surface area contributed by atoms with Gasteiger partial charge in [0.1, 0.15) is 17.4 Å². The molecule has 2 heterocycles. The molecule has 0 radical (unpaired) electrons. The molecule has 1 aliphatic rings. The van der Waals surface area contributed by atoms with E-state index < -0.39 is 0 Å². The fourth-order valence-corrected chi connectivity index (χ4v) is 2.72. The Morgan fingerprint density at radius 2 is 2.10 bits per heavy atom. The topological polar surface area (TPSA) is 47.0 Å². The highest BCUT2D eigenvalue weighted by Crippen LogP contribution is 2.38. The number of aryl methyl sites for hydroxylation is 1. The Morgan fingerprint density at radius 1 is 1.24 bits per heavy atom. The van der Waals surface area contributed by atoms with E-state index in [1.165, 1.54) is 5.56 Å². The van der Waals surface area contributed by atoms with Crippen molar-refractivity contribution in [2.75, 3.05) is 18.5 Å². The van der Waals surface area contributed by atoms with Crippen molar-refractivity contribution in [3.8, 4) is 17.0 Å². The number of anilines is 1. The van der Waals surface area contributed by atoms with Crippen molar-refractivity contribution in [3.05, 3.63) is 35.2 Å². The summed E-state index contributed by atoms with van der Waals surface area (Å²) < 4.78 is 5.83. The second kappa shape index (κ2) is 5.72. The van der Waals surface area contributed by atoms with Crippen LogP contribution in [-0.2, 0) is 12.8 Å². The molecule has 0 saturated heterocycles. The van der Waals surface area contributed by atoms with Crippen LogP contribution in [0.1, 0.15) is 30.8 Å². The van der Waals surface area contributed by atoms with Gasteiger partial charge in [-0.15, -0.1) is 0 Å². The molecular formula is C17H21N3O. The molecule has 1 aromatic carbocycles. The highest BCUT2D eigenvalue weighted by atomic mass is 16.5. The highest BCUT2D eigenvalue weighted by Gasteiger charge is 2.20. The number of hydrogen-bond acceptors (Lipinski definition) is 4. The van der Waals surface area contributed by atoms with Crippen molar-refractivity contribution >= 4 is 5.82 Å². The summed E-state index contributed by atoms with van der Waals surface area (Å²) in [6, 6.07) is 6.31. The fourth-order valence-electron chi connectivity index (χ4n) is 2.72. The molecule has 1 N–H and O–H groups in total. The zero-order chi connectivity index (χ0) is 14.8. The second-order valence-electron chi connectivity index (χ2n) is 5.24. The highest BCUT2D eigenvalue weighted by molar-refractivity contribution is 5.75. The molecule has 2 aromatic rings. The van der Waals surface area contributed by atoms with E-state index >= 15 is 0 Å². The average Bonchev–Trinajstić information content (AvgIpc) is 2.98. The number of rotatable bonds is 4. The van der Waals surface area contributed by atoms with Crippen LogP contribution >= 0.6 is 0 Å². The van der Waals surface area contributed by atoms with Gasteiger partial charge in [-0.25, -0.2) is 9.97 Å². The van der Waals surface area contributed by atoms with E-state index in [2.05, 4.69) is 49.3 Å². The molecule has 0 unspecified atom stereocenters. The quantitative estimate of drug-likeness (QED) is 0.934.